The van der Waals surface area contributed by atoms with Crippen molar-refractivity contribution < 1.29 is 12.9 Å². The molecule has 0 unspecified atom stereocenters. The fourth-order valence-corrected chi connectivity index (χ4v) is 2.54. The van der Waals surface area contributed by atoms with Crippen LogP contribution < -0.4 is 10.0 Å². The highest BCUT2D eigenvalue weighted by molar-refractivity contribution is 7.89. The predicted molar refractivity (Wildman–Crippen MR) is 61.9 cm³/mol. The molecule has 0 amide bonds. The molecule has 0 fully saturated rings. The number of hydrogen-bond acceptors (Lipinski definition) is 6. The van der Waals surface area contributed by atoms with Crippen LogP contribution in [0.2, 0.25) is 0 Å². The van der Waals surface area contributed by atoms with Crippen LogP contribution in [0.5, 0.6) is 0 Å². The minimum Gasteiger partial charge on any atom is -0.360 e. The summed E-state index contributed by atoms with van der Waals surface area (Å²) in [6, 6.07) is 1.59. The lowest BCUT2D eigenvalue weighted by Gasteiger charge is -2.05. The van der Waals surface area contributed by atoms with Gasteiger partial charge in [0.2, 0.25) is 0 Å². The van der Waals surface area contributed by atoms with Crippen molar-refractivity contribution >= 4 is 10.0 Å². The molecule has 2 rings (SSSR count). The summed E-state index contributed by atoms with van der Waals surface area (Å²) in [5.41, 5.74) is 0.572. The zero-order valence-electron chi connectivity index (χ0n) is 9.67. The number of nitrogens with zero attached hydrogens (tertiary/aromatic N) is 2. The molecule has 0 aliphatic heterocycles. The topological polar surface area (TPSA) is 113 Å². The molecule has 8 nitrogen and oxygen atoms in total. The van der Waals surface area contributed by atoms with Crippen molar-refractivity contribution in [3.8, 4) is 0 Å². The lowest BCUT2D eigenvalue weighted by atomic mass is 10.4. The van der Waals surface area contributed by atoms with Gasteiger partial charge in [-0.15, -0.1) is 0 Å². The maximum atomic E-state index is 12.0. The highest BCUT2D eigenvalue weighted by Gasteiger charge is 2.20. The zero-order chi connectivity index (χ0) is 13.0. The predicted octanol–water partition coefficient (Wildman–Crippen LogP) is -0.404. The van der Waals surface area contributed by atoms with Gasteiger partial charge >= 0.3 is 0 Å². The van der Waals surface area contributed by atoms with E-state index in [0.717, 1.165) is 0 Å². The van der Waals surface area contributed by atoms with Gasteiger partial charge in [0.1, 0.15) is 0 Å². The van der Waals surface area contributed by atoms with Crippen LogP contribution in [0.1, 0.15) is 11.3 Å². The number of sulfonamides is 1. The third-order valence-electron chi connectivity index (χ3n) is 2.24. The summed E-state index contributed by atoms with van der Waals surface area (Å²) in [7, 11) is -1.91. The maximum absolute atomic E-state index is 12.0. The Morgan fingerprint density at radius 1 is 1.44 bits per heavy atom. The van der Waals surface area contributed by atoms with Gasteiger partial charge < -0.3 is 9.84 Å². The summed E-state index contributed by atoms with van der Waals surface area (Å²) in [5.74, 6) is 0.438. The number of hydrogen-bond donors (Lipinski definition) is 3. The van der Waals surface area contributed by atoms with Gasteiger partial charge in [-0.1, -0.05) is 5.16 Å². The third kappa shape index (κ3) is 2.75. The minimum atomic E-state index is -3.64. The Balaban J connectivity index is 2.12. The highest BCUT2D eigenvalue weighted by atomic mass is 32.2. The molecule has 98 valence electrons. The molecule has 0 aliphatic rings. The molecule has 2 aromatic rings. The van der Waals surface area contributed by atoms with Gasteiger partial charge in [-0.3, -0.25) is 5.10 Å². The molecule has 9 heteroatoms. The van der Waals surface area contributed by atoms with E-state index in [1.54, 1.807) is 13.1 Å². The Bertz CT molecular complexity index is 590. The lowest BCUT2D eigenvalue weighted by molar-refractivity contribution is 0.380. The van der Waals surface area contributed by atoms with E-state index >= 15 is 0 Å². The number of H-pyrrole nitrogens is 1. The van der Waals surface area contributed by atoms with Crippen LogP contribution in [0.25, 0.3) is 0 Å². The van der Waals surface area contributed by atoms with E-state index in [9.17, 15) is 8.42 Å². The average molecular weight is 271 g/mol. The van der Waals surface area contributed by atoms with E-state index in [4.69, 9.17) is 4.52 Å². The molecular weight excluding hydrogens is 258 g/mol. The molecule has 0 aromatic carbocycles. The number of aromatic amines is 1. The van der Waals surface area contributed by atoms with Crippen LogP contribution in [-0.2, 0) is 23.1 Å². The van der Waals surface area contributed by atoms with Crippen LogP contribution in [-0.4, -0.2) is 30.8 Å². The first kappa shape index (κ1) is 12.7. The summed E-state index contributed by atoms with van der Waals surface area (Å²) < 4.78 is 31.2. The van der Waals surface area contributed by atoms with Crippen molar-refractivity contribution in [3.63, 3.8) is 0 Å². The van der Waals surface area contributed by atoms with E-state index in [1.165, 1.54) is 12.4 Å². The Morgan fingerprint density at radius 2 is 2.28 bits per heavy atom. The monoisotopic (exact) mass is 271 g/mol. The third-order valence-corrected chi connectivity index (χ3v) is 3.66. The van der Waals surface area contributed by atoms with Gasteiger partial charge in [-0.05, 0) is 7.05 Å². The molecule has 0 atom stereocenters. The van der Waals surface area contributed by atoms with Gasteiger partial charge in [0.25, 0.3) is 10.0 Å². The van der Waals surface area contributed by atoms with E-state index in [0.29, 0.717) is 17.9 Å². The SMILES string of the molecule is CNCc1cn[nH]c1S(=O)(=O)NCc1ccno1. The Labute approximate surface area is 104 Å². The van der Waals surface area contributed by atoms with Crippen molar-refractivity contribution in [2.45, 2.75) is 18.1 Å². The molecule has 0 aliphatic carbocycles. The van der Waals surface area contributed by atoms with Crippen molar-refractivity contribution in [1.29, 1.82) is 0 Å². The number of aromatic nitrogens is 3. The van der Waals surface area contributed by atoms with Gasteiger partial charge in [0.05, 0.1) is 18.9 Å². The second-order valence-electron chi connectivity index (χ2n) is 3.56. The molecule has 0 saturated heterocycles. The summed E-state index contributed by atoms with van der Waals surface area (Å²) >= 11 is 0. The summed E-state index contributed by atoms with van der Waals surface area (Å²) in [4.78, 5) is 0. The molecule has 0 saturated carbocycles. The summed E-state index contributed by atoms with van der Waals surface area (Å²) in [5, 5.41) is 12.6. The van der Waals surface area contributed by atoms with Crippen LogP contribution >= 0.6 is 0 Å². The van der Waals surface area contributed by atoms with Crippen molar-refractivity contribution in [2.24, 2.45) is 0 Å². The van der Waals surface area contributed by atoms with E-state index < -0.39 is 10.0 Å². The smallest absolute Gasteiger partial charge is 0.258 e. The Kier molecular flexibility index (Phi) is 3.75. The van der Waals surface area contributed by atoms with Crippen molar-refractivity contribution in [3.05, 3.63) is 29.8 Å². The van der Waals surface area contributed by atoms with Crippen LogP contribution in [0.15, 0.2) is 28.0 Å². The molecule has 0 bridgehead atoms. The zero-order valence-corrected chi connectivity index (χ0v) is 10.5. The molecule has 18 heavy (non-hydrogen) atoms. The van der Waals surface area contributed by atoms with Crippen LogP contribution in [0.4, 0.5) is 0 Å². The van der Waals surface area contributed by atoms with Crippen molar-refractivity contribution in [2.75, 3.05) is 7.05 Å². The van der Waals surface area contributed by atoms with E-state index in [2.05, 4.69) is 25.4 Å². The fraction of sp³-hybridized carbons (Fsp3) is 0.333. The summed E-state index contributed by atoms with van der Waals surface area (Å²) in [6.07, 6.45) is 2.92. The molecule has 2 aromatic heterocycles. The minimum absolute atomic E-state index is 0.0420. The Morgan fingerprint density at radius 3 is 2.94 bits per heavy atom. The van der Waals surface area contributed by atoms with E-state index in [1.807, 2.05) is 0 Å². The first-order valence-electron chi connectivity index (χ1n) is 5.19. The van der Waals surface area contributed by atoms with Gasteiger partial charge in [0, 0.05) is 18.2 Å². The van der Waals surface area contributed by atoms with Gasteiger partial charge in [-0.25, -0.2) is 13.1 Å². The largest absolute Gasteiger partial charge is 0.360 e. The first-order chi connectivity index (χ1) is 8.63. The molecule has 0 spiro atoms. The van der Waals surface area contributed by atoms with Crippen LogP contribution in [0, 0.1) is 0 Å². The van der Waals surface area contributed by atoms with Crippen LogP contribution in [0.3, 0.4) is 0 Å². The second kappa shape index (κ2) is 5.29. The van der Waals surface area contributed by atoms with Crippen molar-refractivity contribution in [1.82, 2.24) is 25.4 Å². The first-order valence-corrected chi connectivity index (χ1v) is 6.68. The van der Waals surface area contributed by atoms with E-state index in [-0.39, 0.29) is 11.6 Å². The van der Waals surface area contributed by atoms with Gasteiger partial charge in [-0.2, -0.15) is 5.10 Å². The quantitative estimate of drug-likeness (QED) is 0.658. The molecular formula is C9H13N5O3S. The lowest BCUT2D eigenvalue weighted by Crippen LogP contribution is -2.25. The Hall–Kier alpha value is -1.71. The number of rotatable bonds is 6. The molecule has 3 N–H and O–H groups in total. The molecule has 0 radical (unpaired) electrons. The fourth-order valence-electron chi connectivity index (χ4n) is 1.42. The maximum Gasteiger partial charge on any atom is 0.258 e. The highest BCUT2D eigenvalue weighted by Crippen LogP contribution is 2.11. The number of nitrogens with one attached hydrogen (secondary N) is 3. The standard InChI is InChI=1S/C9H13N5O3S/c1-10-4-7-5-11-14-9(7)18(15,16)13-6-8-2-3-12-17-8/h2-3,5,10,13H,4,6H2,1H3,(H,11,14). The molecule has 2 heterocycles. The van der Waals surface area contributed by atoms with Gasteiger partial charge in [0.15, 0.2) is 10.8 Å². The second-order valence-corrected chi connectivity index (χ2v) is 5.26. The average Bonchev–Trinajstić information content (AvgIpc) is 2.97. The normalized spacial score (nSPS) is 11.8. The summed E-state index contributed by atoms with van der Waals surface area (Å²) in [6.45, 7) is 0.454.